The second-order valence-corrected chi connectivity index (χ2v) is 9.79. The maximum absolute atomic E-state index is 13.2. The number of hydrogen-bond donors (Lipinski definition) is 0. The van der Waals surface area contributed by atoms with E-state index in [9.17, 15) is 22.4 Å². The first-order valence-corrected chi connectivity index (χ1v) is 13.1. The van der Waals surface area contributed by atoms with Gasteiger partial charge in [0.2, 0.25) is 0 Å². The maximum atomic E-state index is 13.2. The molecule has 1 aliphatic heterocycles. The number of benzene rings is 3. The van der Waals surface area contributed by atoms with Gasteiger partial charge in [-0.1, -0.05) is 18.2 Å². The molecule has 0 spiro atoms. The van der Waals surface area contributed by atoms with Crippen molar-refractivity contribution in [3.63, 3.8) is 0 Å². The molecule has 1 aromatic heterocycles. The van der Waals surface area contributed by atoms with Gasteiger partial charge in [0.15, 0.2) is 17.3 Å². The van der Waals surface area contributed by atoms with E-state index in [-0.39, 0.29) is 11.7 Å². The van der Waals surface area contributed by atoms with Crippen LogP contribution < -0.4 is 14.4 Å². The van der Waals surface area contributed by atoms with E-state index in [4.69, 9.17) is 9.47 Å². The number of amides is 1. The highest BCUT2D eigenvalue weighted by Gasteiger charge is 2.31. The lowest BCUT2D eigenvalue weighted by molar-refractivity contribution is -0.137. The molecule has 2 heterocycles. The van der Waals surface area contributed by atoms with Gasteiger partial charge in [-0.25, -0.2) is 4.39 Å². The Morgan fingerprint density at radius 3 is 2.42 bits per heavy atom. The highest BCUT2D eigenvalue weighted by Crippen LogP contribution is 2.34. The SMILES string of the molecule is COc1cc(C(=O)N2CCN(c3cccc(C(F)(F)F)c3)CC2)ccc1Oc1nc(Cc2ccc(F)cc2)ns1. The number of halogens is 4. The third-order valence-electron chi connectivity index (χ3n) is 6.44. The second kappa shape index (κ2) is 11.5. The van der Waals surface area contributed by atoms with Crippen molar-refractivity contribution in [2.75, 3.05) is 38.2 Å². The van der Waals surface area contributed by atoms with E-state index in [0.29, 0.717) is 66.4 Å². The molecule has 0 bridgehead atoms. The molecule has 0 saturated carbocycles. The van der Waals surface area contributed by atoms with E-state index in [1.165, 1.54) is 25.3 Å². The van der Waals surface area contributed by atoms with Gasteiger partial charge in [-0.3, -0.25) is 4.79 Å². The first-order chi connectivity index (χ1) is 19.2. The first kappa shape index (κ1) is 27.4. The highest BCUT2D eigenvalue weighted by molar-refractivity contribution is 7.07. The number of alkyl halides is 3. The summed E-state index contributed by atoms with van der Waals surface area (Å²) in [4.78, 5) is 21.1. The lowest BCUT2D eigenvalue weighted by Crippen LogP contribution is -2.48. The van der Waals surface area contributed by atoms with Gasteiger partial charge >= 0.3 is 6.18 Å². The fourth-order valence-electron chi connectivity index (χ4n) is 4.34. The zero-order valence-corrected chi connectivity index (χ0v) is 22.1. The summed E-state index contributed by atoms with van der Waals surface area (Å²) in [5.74, 6) is 0.694. The minimum absolute atomic E-state index is 0.217. The molecule has 40 heavy (non-hydrogen) atoms. The number of anilines is 1. The average molecular weight is 573 g/mol. The standard InChI is InChI=1S/C28H24F4N4O3S/c1-38-24-16-19(7-10-23(24)39-27-33-25(34-40-27)15-18-5-8-21(29)9-6-18)26(37)36-13-11-35(12-14-36)22-4-2-3-20(17-22)28(30,31)32/h2-10,16-17H,11-15H2,1H3. The van der Waals surface area contributed by atoms with Crippen LogP contribution in [0, 0.1) is 5.82 Å². The van der Waals surface area contributed by atoms with E-state index in [1.54, 1.807) is 41.3 Å². The number of aromatic nitrogens is 2. The molecule has 0 atom stereocenters. The fraction of sp³-hybridized carbons (Fsp3) is 0.250. The van der Waals surface area contributed by atoms with Crippen molar-refractivity contribution in [2.45, 2.75) is 12.6 Å². The van der Waals surface area contributed by atoms with E-state index in [2.05, 4.69) is 9.36 Å². The van der Waals surface area contributed by atoms with Gasteiger partial charge in [0, 0.05) is 55.4 Å². The summed E-state index contributed by atoms with van der Waals surface area (Å²) in [6.07, 6.45) is -3.99. The van der Waals surface area contributed by atoms with Gasteiger partial charge in [-0.15, -0.1) is 0 Å². The lowest BCUT2D eigenvalue weighted by atomic mass is 10.1. The summed E-state index contributed by atoms with van der Waals surface area (Å²) in [5, 5.41) is 0.292. The van der Waals surface area contributed by atoms with Gasteiger partial charge < -0.3 is 19.3 Å². The van der Waals surface area contributed by atoms with E-state index in [0.717, 1.165) is 29.2 Å². The topological polar surface area (TPSA) is 67.8 Å². The molecule has 7 nitrogen and oxygen atoms in total. The fourth-order valence-corrected chi connectivity index (χ4v) is 4.91. The Balaban J connectivity index is 1.21. The molecule has 4 aromatic rings. The van der Waals surface area contributed by atoms with Gasteiger partial charge in [0.25, 0.3) is 11.1 Å². The Bertz CT molecular complexity index is 1490. The molecular weight excluding hydrogens is 548 g/mol. The molecule has 0 radical (unpaired) electrons. The van der Waals surface area contributed by atoms with Crippen LogP contribution in [0.3, 0.4) is 0 Å². The number of nitrogens with zero attached hydrogens (tertiary/aromatic N) is 4. The maximum Gasteiger partial charge on any atom is 0.416 e. The van der Waals surface area contributed by atoms with Crippen LogP contribution in [0.4, 0.5) is 23.2 Å². The van der Waals surface area contributed by atoms with Crippen molar-refractivity contribution in [1.29, 1.82) is 0 Å². The largest absolute Gasteiger partial charge is 0.493 e. The summed E-state index contributed by atoms with van der Waals surface area (Å²) in [6.45, 7) is 1.53. The smallest absolute Gasteiger partial charge is 0.416 e. The normalized spacial score (nSPS) is 13.8. The molecule has 0 aliphatic carbocycles. The van der Waals surface area contributed by atoms with Crippen LogP contribution in [0.25, 0.3) is 0 Å². The average Bonchev–Trinajstić information content (AvgIpc) is 3.40. The van der Waals surface area contributed by atoms with Crippen molar-refractivity contribution in [2.24, 2.45) is 0 Å². The minimum atomic E-state index is -4.41. The molecular formula is C28H24F4N4O3S. The summed E-state index contributed by atoms with van der Waals surface area (Å²) >= 11 is 1.06. The molecule has 5 rings (SSSR count). The van der Waals surface area contributed by atoms with Crippen molar-refractivity contribution in [1.82, 2.24) is 14.3 Å². The molecule has 0 unspecified atom stereocenters. The van der Waals surface area contributed by atoms with Crippen LogP contribution >= 0.6 is 11.5 Å². The van der Waals surface area contributed by atoms with Crippen LogP contribution in [0.2, 0.25) is 0 Å². The van der Waals surface area contributed by atoms with Gasteiger partial charge in [0.05, 0.1) is 12.7 Å². The van der Waals surface area contributed by atoms with Gasteiger partial charge in [0.1, 0.15) is 5.82 Å². The predicted octanol–water partition coefficient (Wildman–Crippen LogP) is 6.05. The molecule has 3 aromatic carbocycles. The van der Waals surface area contributed by atoms with E-state index < -0.39 is 11.7 Å². The summed E-state index contributed by atoms with van der Waals surface area (Å²) in [5.41, 5.74) is 1.03. The Morgan fingerprint density at radius 2 is 1.73 bits per heavy atom. The molecule has 1 aliphatic rings. The van der Waals surface area contributed by atoms with Gasteiger partial charge in [-0.05, 0) is 54.1 Å². The van der Waals surface area contributed by atoms with Crippen molar-refractivity contribution >= 4 is 23.1 Å². The zero-order chi connectivity index (χ0) is 28.3. The van der Waals surface area contributed by atoms with Crippen LogP contribution in [0.15, 0.2) is 66.7 Å². The Kier molecular flexibility index (Phi) is 7.88. The number of hydrogen-bond acceptors (Lipinski definition) is 7. The Morgan fingerprint density at radius 1 is 0.975 bits per heavy atom. The second-order valence-electron chi connectivity index (χ2n) is 9.07. The van der Waals surface area contributed by atoms with Crippen molar-refractivity contribution < 1.29 is 31.8 Å². The van der Waals surface area contributed by atoms with E-state index in [1.807, 2.05) is 4.90 Å². The predicted molar refractivity (Wildman–Crippen MR) is 142 cm³/mol. The van der Waals surface area contributed by atoms with E-state index >= 15 is 0 Å². The third kappa shape index (κ3) is 6.33. The number of carbonyl (C=O) groups is 1. The monoisotopic (exact) mass is 572 g/mol. The number of rotatable bonds is 7. The Labute approximate surface area is 231 Å². The molecule has 208 valence electrons. The third-order valence-corrected chi connectivity index (χ3v) is 7.07. The van der Waals surface area contributed by atoms with Gasteiger partial charge in [-0.2, -0.15) is 22.5 Å². The van der Waals surface area contributed by atoms with Crippen LogP contribution in [0.1, 0.15) is 27.3 Å². The summed E-state index contributed by atoms with van der Waals surface area (Å²) < 4.78 is 68.0. The number of piperazine rings is 1. The molecule has 0 N–H and O–H groups in total. The molecule has 12 heteroatoms. The molecule has 1 saturated heterocycles. The number of carbonyl (C=O) groups excluding carboxylic acids is 1. The lowest BCUT2D eigenvalue weighted by Gasteiger charge is -2.36. The quantitative estimate of drug-likeness (QED) is 0.251. The highest BCUT2D eigenvalue weighted by atomic mass is 32.1. The number of ether oxygens (including phenoxy) is 2. The number of methoxy groups -OCH3 is 1. The first-order valence-electron chi connectivity index (χ1n) is 12.3. The summed E-state index contributed by atoms with van der Waals surface area (Å²) in [7, 11) is 1.46. The summed E-state index contributed by atoms with van der Waals surface area (Å²) in [6, 6.07) is 16.1. The van der Waals surface area contributed by atoms with Crippen LogP contribution in [-0.4, -0.2) is 53.5 Å². The van der Waals surface area contributed by atoms with Crippen molar-refractivity contribution in [3.8, 4) is 16.7 Å². The molecule has 1 fully saturated rings. The zero-order valence-electron chi connectivity index (χ0n) is 21.3. The Hall–Kier alpha value is -4.19. The minimum Gasteiger partial charge on any atom is -0.493 e. The molecule has 1 amide bonds. The van der Waals surface area contributed by atoms with Crippen molar-refractivity contribution in [3.05, 3.63) is 95.1 Å². The van der Waals surface area contributed by atoms with Crippen LogP contribution in [-0.2, 0) is 12.6 Å². The van der Waals surface area contributed by atoms with Crippen LogP contribution in [0.5, 0.6) is 16.7 Å².